The third-order valence-electron chi connectivity index (χ3n) is 25.9. The molecule has 150 heavy (non-hydrogen) atoms. The lowest BCUT2D eigenvalue weighted by molar-refractivity contribution is -0.366. The molecule has 868 valence electrons. The van der Waals surface area contributed by atoms with Crippen LogP contribution in [-0.4, -0.2) is 578 Å². The Morgan fingerprint density at radius 3 is 0.867 bits per heavy atom. The Morgan fingerprint density at radius 1 is 0.260 bits per heavy atom. The van der Waals surface area contributed by atoms with Crippen molar-refractivity contribution in [3.63, 3.8) is 0 Å². The van der Waals surface area contributed by atoms with Crippen LogP contribution in [0.25, 0.3) is 0 Å². The zero-order chi connectivity index (χ0) is 111. The van der Waals surface area contributed by atoms with Crippen LogP contribution in [0.5, 0.6) is 0 Å². The number of hydrogen-bond acceptors (Lipinski definition) is 49. The van der Waals surface area contributed by atoms with Gasteiger partial charge in [0.15, 0.2) is 44.0 Å². The van der Waals surface area contributed by atoms with E-state index in [2.05, 4.69) is 53.2 Å². The fraction of sp³-hybridized carbons (Fsp3) is 0.890. The van der Waals surface area contributed by atoms with Gasteiger partial charge in [-0.15, -0.1) is 0 Å². The summed E-state index contributed by atoms with van der Waals surface area (Å²) in [5, 5.41) is 256. The summed E-state index contributed by atoms with van der Waals surface area (Å²) in [6.07, 6.45) is -49.4. The van der Waals surface area contributed by atoms with Gasteiger partial charge in [0, 0.05) is 71.9 Å². The van der Waals surface area contributed by atoms with Gasteiger partial charge >= 0.3 is 0 Å². The molecule has 0 radical (unpaired) electrons. The molecular formula is C91H163N13O46. The smallest absolute Gasteiger partial charge is 0.237 e. The first-order valence-corrected chi connectivity index (χ1v) is 51.0. The Hall–Kier alpha value is -6.86. The first kappa shape index (κ1) is 130. The van der Waals surface area contributed by atoms with E-state index < -0.39 is 346 Å². The second kappa shape index (κ2) is 67.9. The van der Waals surface area contributed by atoms with Gasteiger partial charge in [0.1, 0.15) is 146 Å². The molecule has 0 spiro atoms. The first-order chi connectivity index (χ1) is 71.4. The highest BCUT2D eigenvalue weighted by Crippen LogP contribution is 2.33. The molecular weight excluding hydrogens is 2010 g/mol. The number of carbonyl (C=O) groups is 10. The van der Waals surface area contributed by atoms with Gasteiger partial charge in [-0.2, -0.15) is 0 Å². The van der Waals surface area contributed by atoms with E-state index in [0.29, 0.717) is 51.5 Å². The first-order valence-electron chi connectivity index (χ1n) is 51.0. The van der Waals surface area contributed by atoms with Crippen molar-refractivity contribution in [2.24, 2.45) is 0 Å². The summed E-state index contributed by atoms with van der Waals surface area (Å²) in [5.41, 5.74) is 0. The highest BCUT2D eigenvalue weighted by Gasteiger charge is 2.54. The number of ether oxygens (including phenoxy) is 14. The van der Waals surface area contributed by atoms with Crippen LogP contribution >= 0.6 is 0 Å². The normalized spacial score (nSPS) is 33.4. The molecule has 0 aromatic heterocycles. The standard InChI is InChI=1S/C91H163N13O46/c1-6-7-8-13-20-92-55(108)35-102(39-59(112)96-24-17-12-18-50(84(136)101-29-34-140-88-79(132)73(126)66(119)49(5)146-88)104(41-61(114)99-27-31-138-86-77(130)71(124)64(117)47(3)144-86)42-62(115)100-28-32-139-87-78(131)72(125)65(118)48(4)145-87)36-57(110)94-22-15-10-16-23-95-58(111)38-103(37-56(109)93-21-14-9-11-19-54(107)97-25-30-137-85-76(129)70(123)63(116)46(2)143-85)40-60(113)98-26-33-141-90-82(135)83(150-91-81(134)75(128)68(121)52(44-106)148-91)69(122)53(149-90)45-142-89-80(133)74(127)67(120)51(43-105)147-89/h46-53,63-83,85-91,105-106,116-135H,6-45H2,1-5H3,(H,92,108)(H,93,109)(H,94,110)(H,95,111)(H,96,112)(H,97,107)(H,98,113)(H,99,114)(H,100,115)(H,101,136)/t46-,47-,48-,49-,50-,51+,52+,53+,63+,64+,65+,66+,67+,68+,69+,70+,71+,72+,73+,74-,75-,76-,77-,78-,79-,80-,81-,82-,83-,85+,86+,87+,88+,89-,90-,91+/m0/s1. The number of hydrogen-bond donors (Lipinski definition) is 32. The lowest BCUT2D eigenvalue weighted by atomic mass is 9.96. The topological polar surface area (TPSA) is 875 Å². The van der Waals surface area contributed by atoms with Crippen LogP contribution in [0.1, 0.15) is 125 Å². The van der Waals surface area contributed by atoms with Gasteiger partial charge in [-0.3, -0.25) is 62.6 Å². The van der Waals surface area contributed by atoms with Gasteiger partial charge in [0.05, 0.1) is 136 Å². The van der Waals surface area contributed by atoms with Gasteiger partial charge in [0.2, 0.25) is 59.1 Å². The maximum atomic E-state index is 14.5. The summed E-state index contributed by atoms with van der Waals surface area (Å²) >= 11 is 0. The van der Waals surface area contributed by atoms with Gasteiger partial charge in [-0.25, -0.2) is 0 Å². The van der Waals surface area contributed by atoms with Crippen LogP contribution in [0.2, 0.25) is 0 Å². The van der Waals surface area contributed by atoms with Crippen molar-refractivity contribution in [3.8, 4) is 0 Å². The van der Waals surface area contributed by atoms with Crippen molar-refractivity contribution in [3.05, 3.63) is 0 Å². The minimum Gasteiger partial charge on any atom is -0.394 e. The van der Waals surface area contributed by atoms with Crippen LogP contribution in [0.15, 0.2) is 0 Å². The summed E-state index contributed by atoms with van der Waals surface area (Å²) in [4.78, 5) is 141. The summed E-state index contributed by atoms with van der Waals surface area (Å²) < 4.78 is 78.0. The van der Waals surface area contributed by atoms with Crippen molar-refractivity contribution in [1.29, 1.82) is 0 Å². The molecule has 0 aliphatic carbocycles. The number of carbonyl (C=O) groups excluding carboxylic acids is 10. The Kier molecular flexibility index (Phi) is 58.9. The van der Waals surface area contributed by atoms with Crippen LogP contribution in [0.4, 0.5) is 0 Å². The quantitative estimate of drug-likeness (QED) is 0.0251. The number of nitrogens with one attached hydrogen (secondary N) is 10. The van der Waals surface area contributed by atoms with Crippen molar-refractivity contribution in [2.45, 2.75) is 345 Å². The lowest BCUT2D eigenvalue weighted by Crippen LogP contribution is -2.65. The molecule has 7 heterocycles. The van der Waals surface area contributed by atoms with E-state index in [1.165, 1.54) is 42.4 Å². The second-order valence-corrected chi connectivity index (χ2v) is 38.0. The number of aliphatic hydroxyl groups is 22. The van der Waals surface area contributed by atoms with Crippen LogP contribution < -0.4 is 53.2 Å². The Morgan fingerprint density at radius 2 is 0.527 bits per heavy atom. The van der Waals surface area contributed by atoms with Crippen molar-refractivity contribution in [1.82, 2.24) is 67.9 Å². The molecule has 0 saturated carbocycles. The molecule has 59 heteroatoms. The molecule has 7 fully saturated rings. The van der Waals surface area contributed by atoms with Crippen LogP contribution in [0.3, 0.4) is 0 Å². The van der Waals surface area contributed by atoms with E-state index in [-0.39, 0.29) is 123 Å². The molecule has 59 nitrogen and oxygen atoms in total. The van der Waals surface area contributed by atoms with Crippen molar-refractivity contribution >= 4 is 59.1 Å². The number of aliphatic hydroxyl groups excluding tert-OH is 22. The molecule has 10 amide bonds. The summed E-state index contributed by atoms with van der Waals surface area (Å²) in [5.74, 6) is -6.32. The second-order valence-electron chi connectivity index (χ2n) is 38.0. The number of unbranched alkanes of at least 4 members (excludes halogenated alkanes) is 8. The Bertz CT molecular complexity index is 3900. The van der Waals surface area contributed by atoms with Gasteiger partial charge in [-0.1, -0.05) is 32.6 Å². The molecule has 0 bridgehead atoms. The monoisotopic (exact) mass is 2170 g/mol. The number of amides is 10. The van der Waals surface area contributed by atoms with E-state index in [1.807, 2.05) is 6.92 Å². The Balaban J connectivity index is 0.938. The zero-order valence-corrected chi connectivity index (χ0v) is 85.0. The highest BCUT2D eigenvalue weighted by molar-refractivity contribution is 5.87. The fourth-order valence-corrected chi connectivity index (χ4v) is 17.0. The maximum Gasteiger partial charge on any atom is 0.237 e. The largest absolute Gasteiger partial charge is 0.394 e. The molecule has 0 aromatic rings. The molecule has 32 N–H and O–H groups in total. The fourth-order valence-electron chi connectivity index (χ4n) is 17.0. The summed E-state index contributed by atoms with van der Waals surface area (Å²) in [7, 11) is 0. The summed E-state index contributed by atoms with van der Waals surface area (Å²) in [6, 6.07) is -1.35. The van der Waals surface area contributed by atoms with Gasteiger partial charge in [-0.05, 0) is 85.5 Å². The maximum absolute atomic E-state index is 14.5. The SMILES string of the molecule is CCCCCCNC(=O)CN(CC(=O)NCCCCCNC(=O)CN(CC(=O)NCCCCCC(=O)NCCO[C@@H]1O[C@@H](C)[C@@H](O)[C@@H](O)[C@@H]1O)CC(=O)NCCO[C@H]1O[C@H](CO[C@H]2O[C@H](CO)[C@@H](O)[C@H](O)[C@@H]2O)[C@@H](O)[C@H](O[C@H]2O[C@H](CO)[C@@H](O)[C@H](O)[C@@H]2O)[C@@H]1O)CC(=O)NCCCC[C@@H](C(=O)NCCO[C@@H]1O[C@@H](C)[C@@H](O)[C@@H](O)[C@@H]1O)N(CC(=O)NCCO[C@@H]1O[C@@H](C)[C@@H](O)[C@@H](O)[C@@H]1O)CC(=O)NCCO[C@@H]1O[C@@H](C)[C@@H](O)[C@@H](O)[C@@H]1O. The molecule has 0 unspecified atom stereocenters. The average molecular weight is 2180 g/mol. The highest BCUT2D eigenvalue weighted by atomic mass is 16.8. The summed E-state index contributed by atoms with van der Waals surface area (Å²) in [6.45, 7) is -1.08. The predicted molar refractivity (Wildman–Crippen MR) is 507 cm³/mol. The Labute approximate surface area is 866 Å². The molecule has 7 rings (SSSR count). The predicted octanol–water partition coefficient (Wildman–Crippen LogP) is -17.3. The third-order valence-corrected chi connectivity index (χ3v) is 25.9. The van der Waals surface area contributed by atoms with E-state index in [1.54, 1.807) is 0 Å². The lowest BCUT2D eigenvalue weighted by Gasteiger charge is -2.46. The van der Waals surface area contributed by atoms with Gasteiger partial charge in [0.25, 0.3) is 0 Å². The van der Waals surface area contributed by atoms with Crippen molar-refractivity contribution < 1.29 is 227 Å². The van der Waals surface area contributed by atoms with Crippen molar-refractivity contribution in [2.75, 3.05) is 171 Å². The molecule has 7 aliphatic rings. The van der Waals surface area contributed by atoms with E-state index in [9.17, 15) is 160 Å². The van der Waals surface area contributed by atoms with E-state index in [4.69, 9.17) is 66.3 Å². The average Bonchev–Trinajstić information content (AvgIpc) is 0.777. The minimum atomic E-state index is -2.04. The van der Waals surface area contributed by atoms with Crippen LogP contribution in [-0.2, 0) is 114 Å². The van der Waals surface area contributed by atoms with E-state index >= 15 is 0 Å². The third kappa shape index (κ3) is 42.6. The van der Waals surface area contributed by atoms with Gasteiger partial charge < -0.3 is 232 Å². The molecule has 7 aliphatic heterocycles. The zero-order valence-electron chi connectivity index (χ0n) is 85.0. The van der Waals surface area contributed by atoms with Crippen LogP contribution in [0, 0.1) is 0 Å². The minimum absolute atomic E-state index is 0.0263. The molecule has 36 atom stereocenters. The molecule has 7 saturated heterocycles. The molecule has 0 aromatic carbocycles. The number of rotatable bonds is 67. The number of nitrogens with zero attached hydrogens (tertiary/aromatic N) is 3. The van der Waals surface area contributed by atoms with E-state index in [0.717, 1.165) is 19.3 Å².